The maximum absolute atomic E-state index is 2.64. The Morgan fingerprint density at radius 2 is 0.947 bits per heavy atom. The van der Waals surface area contributed by atoms with Crippen LogP contribution in [-0.2, 0) is 0 Å². The second-order valence-electron chi connectivity index (χ2n) is 8.29. The van der Waals surface area contributed by atoms with Crippen LogP contribution in [0, 0.1) is 41.4 Å². The van der Waals surface area contributed by atoms with Crippen LogP contribution in [0.4, 0.5) is 0 Å². The molecule has 3 saturated carbocycles. The van der Waals surface area contributed by atoms with Crippen LogP contribution in [-0.4, -0.2) is 0 Å². The summed E-state index contributed by atoms with van der Waals surface area (Å²) in [5, 5.41) is 0. The fourth-order valence-corrected chi connectivity index (χ4v) is 6.67. The van der Waals surface area contributed by atoms with Gasteiger partial charge in [0, 0.05) is 0 Å². The minimum atomic E-state index is 0.991. The lowest BCUT2D eigenvalue weighted by Gasteiger charge is -2.49. The van der Waals surface area contributed by atoms with Crippen LogP contribution >= 0.6 is 0 Å². The Balaban J connectivity index is 1.76. The van der Waals surface area contributed by atoms with Gasteiger partial charge in [-0.3, -0.25) is 0 Å². The van der Waals surface area contributed by atoms with Crippen molar-refractivity contribution in [3.05, 3.63) is 0 Å². The minimum absolute atomic E-state index is 0.991. The van der Waals surface area contributed by atoms with Crippen molar-refractivity contribution in [1.29, 1.82) is 0 Å². The molecule has 0 heterocycles. The van der Waals surface area contributed by atoms with Crippen LogP contribution in [0.1, 0.15) is 78.6 Å². The van der Waals surface area contributed by atoms with Gasteiger partial charge in [-0.15, -0.1) is 0 Å². The molecule has 3 aliphatic rings. The third kappa shape index (κ3) is 2.61. The van der Waals surface area contributed by atoms with E-state index in [2.05, 4.69) is 20.8 Å². The fraction of sp³-hybridized carbons (Fsp3) is 1.00. The second-order valence-corrected chi connectivity index (χ2v) is 8.29. The predicted molar refractivity (Wildman–Crippen MR) is 83.0 cm³/mol. The maximum Gasteiger partial charge on any atom is -0.0331 e. The molecule has 110 valence electrons. The van der Waals surface area contributed by atoms with Gasteiger partial charge in [-0.25, -0.2) is 0 Å². The van der Waals surface area contributed by atoms with Gasteiger partial charge in [0.1, 0.15) is 0 Å². The first kappa shape index (κ1) is 14.0. The molecule has 0 saturated heterocycles. The average Bonchev–Trinajstić information content (AvgIpc) is 3.00. The van der Waals surface area contributed by atoms with Gasteiger partial charge in [0.25, 0.3) is 0 Å². The van der Waals surface area contributed by atoms with E-state index in [-0.39, 0.29) is 0 Å². The number of hydrogen-bond donors (Lipinski definition) is 0. The topological polar surface area (TPSA) is 0 Å². The molecule has 0 bridgehead atoms. The van der Waals surface area contributed by atoms with Crippen molar-refractivity contribution >= 4 is 0 Å². The van der Waals surface area contributed by atoms with Gasteiger partial charge < -0.3 is 0 Å². The van der Waals surface area contributed by atoms with Gasteiger partial charge >= 0.3 is 0 Å². The Morgan fingerprint density at radius 1 is 0.579 bits per heavy atom. The normalized spacial score (nSPS) is 45.9. The van der Waals surface area contributed by atoms with E-state index in [1.807, 2.05) is 0 Å². The zero-order valence-electron chi connectivity index (χ0n) is 13.4. The highest BCUT2D eigenvalue weighted by Crippen LogP contribution is 2.53. The zero-order chi connectivity index (χ0) is 13.4. The van der Waals surface area contributed by atoms with Crippen molar-refractivity contribution in [1.82, 2.24) is 0 Å². The molecule has 3 rings (SSSR count). The van der Waals surface area contributed by atoms with E-state index in [1.165, 1.54) is 32.1 Å². The maximum atomic E-state index is 2.64. The summed E-state index contributed by atoms with van der Waals surface area (Å²) in [7, 11) is 0. The SMILES string of the molecule is CC1CC(C)C(C2CCCC2)C(C)C1C1CCCC1. The summed E-state index contributed by atoms with van der Waals surface area (Å²) in [6.45, 7) is 7.78. The fourth-order valence-electron chi connectivity index (χ4n) is 6.67. The molecule has 0 radical (unpaired) electrons. The molecular formula is C19H34. The molecule has 0 N–H and O–H groups in total. The van der Waals surface area contributed by atoms with Crippen molar-refractivity contribution in [2.24, 2.45) is 41.4 Å². The van der Waals surface area contributed by atoms with Gasteiger partial charge in [0.2, 0.25) is 0 Å². The largest absolute Gasteiger partial charge is 0.0622 e. The van der Waals surface area contributed by atoms with E-state index in [1.54, 1.807) is 25.7 Å². The molecule has 3 fully saturated rings. The molecule has 4 atom stereocenters. The van der Waals surface area contributed by atoms with E-state index in [9.17, 15) is 0 Å². The van der Waals surface area contributed by atoms with Crippen LogP contribution in [0.15, 0.2) is 0 Å². The second kappa shape index (κ2) is 5.78. The Hall–Kier alpha value is 0. The summed E-state index contributed by atoms with van der Waals surface area (Å²) >= 11 is 0. The summed E-state index contributed by atoms with van der Waals surface area (Å²) in [5.74, 6) is 7.28. The molecule has 0 aromatic rings. The molecule has 0 aliphatic heterocycles. The molecule has 0 heteroatoms. The van der Waals surface area contributed by atoms with Crippen LogP contribution in [0.5, 0.6) is 0 Å². The summed E-state index contributed by atoms with van der Waals surface area (Å²) in [4.78, 5) is 0. The highest BCUT2D eigenvalue weighted by molar-refractivity contribution is 4.94. The van der Waals surface area contributed by atoms with E-state index in [0.717, 1.165) is 41.4 Å². The summed E-state index contributed by atoms with van der Waals surface area (Å²) in [6, 6.07) is 0. The molecule has 4 unspecified atom stereocenters. The Bertz CT molecular complexity index is 254. The van der Waals surface area contributed by atoms with Crippen LogP contribution in [0.25, 0.3) is 0 Å². The minimum Gasteiger partial charge on any atom is -0.0622 e. The van der Waals surface area contributed by atoms with Gasteiger partial charge in [-0.1, -0.05) is 72.1 Å². The van der Waals surface area contributed by atoms with Crippen molar-refractivity contribution in [3.8, 4) is 0 Å². The lowest BCUT2D eigenvalue weighted by atomic mass is 9.56. The third-order valence-electron chi connectivity index (χ3n) is 7.16. The summed E-state index contributed by atoms with van der Waals surface area (Å²) in [5.41, 5.74) is 0. The van der Waals surface area contributed by atoms with Crippen molar-refractivity contribution in [2.45, 2.75) is 78.6 Å². The van der Waals surface area contributed by atoms with Crippen molar-refractivity contribution in [3.63, 3.8) is 0 Å². The Labute approximate surface area is 120 Å². The lowest BCUT2D eigenvalue weighted by Crippen LogP contribution is -2.42. The molecule has 0 nitrogen and oxygen atoms in total. The van der Waals surface area contributed by atoms with E-state index in [0.29, 0.717) is 0 Å². The molecule has 0 aromatic carbocycles. The monoisotopic (exact) mass is 262 g/mol. The molecule has 0 amide bonds. The molecule has 19 heavy (non-hydrogen) atoms. The first-order valence-electron chi connectivity index (χ1n) is 9.18. The van der Waals surface area contributed by atoms with E-state index < -0.39 is 0 Å². The Kier molecular flexibility index (Phi) is 4.25. The van der Waals surface area contributed by atoms with E-state index >= 15 is 0 Å². The number of rotatable bonds is 2. The Morgan fingerprint density at radius 3 is 1.32 bits per heavy atom. The molecule has 0 spiro atoms. The quantitative estimate of drug-likeness (QED) is 0.580. The summed E-state index contributed by atoms with van der Waals surface area (Å²) < 4.78 is 0. The summed E-state index contributed by atoms with van der Waals surface area (Å²) in [6.07, 6.45) is 13.8. The molecule has 3 aliphatic carbocycles. The van der Waals surface area contributed by atoms with Gasteiger partial charge in [0.05, 0.1) is 0 Å². The van der Waals surface area contributed by atoms with Gasteiger partial charge in [0.15, 0.2) is 0 Å². The van der Waals surface area contributed by atoms with Crippen LogP contribution < -0.4 is 0 Å². The highest BCUT2D eigenvalue weighted by atomic mass is 14.5. The van der Waals surface area contributed by atoms with E-state index in [4.69, 9.17) is 0 Å². The first-order valence-corrected chi connectivity index (χ1v) is 9.18. The van der Waals surface area contributed by atoms with Crippen LogP contribution in [0.2, 0.25) is 0 Å². The zero-order valence-corrected chi connectivity index (χ0v) is 13.4. The first-order chi connectivity index (χ1) is 9.18. The molecule has 0 aromatic heterocycles. The third-order valence-corrected chi connectivity index (χ3v) is 7.16. The average molecular weight is 262 g/mol. The molecular weight excluding hydrogens is 228 g/mol. The highest BCUT2D eigenvalue weighted by Gasteiger charge is 2.45. The standard InChI is InChI=1S/C19H34/c1-13-12-14(2)19(17-10-6-7-11-17)15(3)18(13)16-8-4-5-9-16/h13-19H,4-12H2,1-3H3. The van der Waals surface area contributed by atoms with Gasteiger partial charge in [-0.2, -0.15) is 0 Å². The lowest BCUT2D eigenvalue weighted by molar-refractivity contribution is -0.00287. The van der Waals surface area contributed by atoms with Crippen molar-refractivity contribution < 1.29 is 0 Å². The van der Waals surface area contributed by atoms with Gasteiger partial charge in [-0.05, 0) is 47.8 Å². The predicted octanol–water partition coefficient (Wildman–Crippen LogP) is 5.91. The smallest absolute Gasteiger partial charge is 0.0331 e. The van der Waals surface area contributed by atoms with Crippen molar-refractivity contribution in [2.75, 3.05) is 0 Å². The van der Waals surface area contributed by atoms with Crippen LogP contribution in [0.3, 0.4) is 0 Å². The number of hydrogen-bond acceptors (Lipinski definition) is 0.